The molecule has 1 aliphatic rings. The van der Waals surface area contributed by atoms with Gasteiger partial charge in [0.2, 0.25) is 0 Å². The summed E-state index contributed by atoms with van der Waals surface area (Å²) in [6.45, 7) is 3.66. The van der Waals surface area contributed by atoms with Crippen molar-refractivity contribution in [1.82, 2.24) is 4.90 Å². The lowest BCUT2D eigenvalue weighted by Crippen LogP contribution is -2.33. The van der Waals surface area contributed by atoms with Crippen LogP contribution in [0.3, 0.4) is 0 Å². The number of rotatable bonds is 3. The van der Waals surface area contributed by atoms with Crippen LogP contribution in [-0.2, 0) is 14.3 Å². The molecule has 0 aliphatic carbocycles. The van der Waals surface area contributed by atoms with Crippen LogP contribution in [0.5, 0.6) is 0 Å². The molecule has 1 saturated heterocycles. The summed E-state index contributed by atoms with van der Waals surface area (Å²) in [5.41, 5.74) is 0.954. The molecule has 1 N–H and O–H groups in total. The predicted molar refractivity (Wildman–Crippen MR) is 72.0 cm³/mol. The van der Waals surface area contributed by atoms with Crippen LogP contribution in [-0.4, -0.2) is 43.2 Å². The Labute approximate surface area is 118 Å². The van der Waals surface area contributed by atoms with E-state index < -0.39 is 22.3 Å². The van der Waals surface area contributed by atoms with Crippen molar-refractivity contribution >= 4 is 16.2 Å². The number of carbonyl (C=O) groups is 1. The Morgan fingerprint density at radius 2 is 1.95 bits per heavy atom. The van der Waals surface area contributed by atoms with Crippen molar-refractivity contribution in [3.05, 3.63) is 29.8 Å². The normalized spacial score (nSPS) is 23.0. The van der Waals surface area contributed by atoms with E-state index in [0.29, 0.717) is 6.42 Å². The highest BCUT2D eigenvalue weighted by molar-refractivity contribution is 7.86. The quantitative estimate of drug-likeness (QED) is 0.861. The van der Waals surface area contributed by atoms with Crippen molar-refractivity contribution in [2.24, 2.45) is 0 Å². The minimum Gasteiger partial charge on any atom is -0.465 e. The number of hydrogen-bond donors (Lipinski definition) is 1. The number of likely N-dealkylation sites (tertiary alicyclic amines) is 1. The van der Waals surface area contributed by atoms with E-state index in [9.17, 15) is 13.2 Å². The summed E-state index contributed by atoms with van der Waals surface area (Å²) in [4.78, 5) is 12.2. The van der Waals surface area contributed by atoms with Crippen molar-refractivity contribution in [3.63, 3.8) is 0 Å². The first-order valence-corrected chi connectivity index (χ1v) is 7.70. The van der Waals surface area contributed by atoms with E-state index in [2.05, 4.69) is 0 Å². The van der Waals surface area contributed by atoms with E-state index in [4.69, 9.17) is 9.29 Å². The lowest BCUT2D eigenvalue weighted by atomic mass is 10.2. The van der Waals surface area contributed by atoms with Gasteiger partial charge in [-0.25, -0.2) is 4.79 Å². The molecular formula is C13H17NO5S. The first-order chi connectivity index (χ1) is 9.29. The monoisotopic (exact) mass is 299 g/mol. The number of hydrogen-bond acceptors (Lipinski definition) is 4. The zero-order valence-electron chi connectivity index (χ0n) is 11.3. The molecule has 110 valence electrons. The zero-order chi connectivity index (χ0) is 14.9. The molecule has 1 aromatic carbocycles. The first-order valence-electron chi connectivity index (χ1n) is 6.29. The van der Waals surface area contributed by atoms with Crippen LogP contribution >= 0.6 is 0 Å². The van der Waals surface area contributed by atoms with Gasteiger partial charge in [0.05, 0.1) is 17.5 Å². The summed E-state index contributed by atoms with van der Waals surface area (Å²) in [5, 5.41) is 8.97. The highest BCUT2D eigenvalue weighted by Crippen LogP contribution is 2.24. The van der Waals surface area contributed by atoms with Gasteiger partial charge >= 0.3 is 6.09 Å². The van der Waals surface area contributed by atoms with Crippen molar-refractivity contribution < 1.29 is 22.5 Å². The Kier molecular flexibility index (Phi) is 4.01. The number of amides is 1. The summed E-state index contributed by atoms with van der Waals surface area (Å²) < 4.78 is 29.3. The van der Waals surface area contributed by atoms with Gasteiger partial charge in [0.1, 0.15) is 0 Å². The molecule has 0 bridgehead atoms. The van der Waals surface area contributed by atoms with Gasteiger partial charge in [-0.2, -0.15) is 8.42 Å². The molecule has 2 rings (SSSR count). The average molecular weight is 299 g/mol. The van der Waals surface area contributed by atoms with E-state index in [0.717, 1.165) is 5.56 Å². The standard InChI is InChI=1S/C13H17NO5S/c1-9-3-5-12(6-4-9)20(17,18)19-11-7-10(2)14(8-11)13(15)16/h3-6,10-11H,7-8H2,1-2H3,(H,15,16)/t10-,11-/m1/s1. The number of aryl methyl sites for hydroxylation is 1. The minimum atomic E-state index is -3.85. The van der Waals surface area contributed by atoms with Gasteiger partial charge in [-0.05, 0) is 32.4 Å². The second kappa shape index (κ2) is 5.41. The van der Waals surface area contributed by atoms with Gasteiger partial charge in [-0.3, -0.25) is 4.18 Å². The van der Waals surface area contributed by atoms with Crippen LogP contribution in [0.15, 0.2) is 29.2 Å². The molecule has 0 unspecified atom stereocenters. The zero-order valence-corrected chi connectivity index (χ0v) is 12.1. The Balaban J connectivity index is 2.10. The fourth-order valence-electron chi connectivity index (χ4n) is 2.26. The maximum atomic E-state index is 12.1. The maximum Gasteiger partial charge on any atom is 0.407 e. The van der Waals surface area contributed by atoms with E-state index >= 15 is 0 Å². The summed E-state index contributed by atoms with van der Waals surface area (Å²) in [7, 11) is -3.85. The fourth-order valence-corrected chi connectivity index (χ4v) is 3.34. The van der Waals surface area contributed by atoms with Gasteiger partial charge in [0.25, 0.3) is 10.1 Å². The predicted octanol–water partition coefficient (Wildman–Crippen LogP) is 1.84. The maximum absolute atomic E-state index is 12.1. The third-order valence-electron chi connectivity index (χ3n) is 3.35. The molecule has 7 heteroatoms. The summed E-state index contributed by atoms with van der Waals surface area (Å²) in [6.07, 6.45) is -1.32. The average Bonchev–Trinajstić information content (AvgIpc) is 2.70. The van der Waals surface area contributed by atoms with E-state index in [1.54, 1.807) is 19.1 Å². The highest BCUT2D eigenvalue weighted by Gasteiger charge is 2.36. The number of nitrogens with zero attached hydrogens (tertiary/aromatic N) is 1. The van der Waals surface area contributed by atoms with Gasteiger partial charge < -0.3 is 10.0 Å². The van der Waals surface area contributed by atoms with Crippen molar-refractivity contribution in [3.8, 4) is 0 Å². The summed E-state index contributed by atoms with van der Waals surface area (Å²) >= 11 is 0. The molecule has 1 aromatic rings. The molecule has 0 aromatic heterocycles. The molecule has 0 radical (unpaired) electrons. The van der Waals surface area contributed by atoms with Gasteiger partial charge in [-0.1, -0.05) is 17.7 Å². The third kappa shape index (κ3) is 3.10. The lowest BCUT2D eigenvalue weighted by molar-refractivity contribution is 0.137. The largest absolute Gasteiger partial charge is 0.465 e. The minimum absolute atomic E-state index is 0.0710. The van der Waals surface area contributed by atoms with Crippen molar-refractivity contribution in [2.45, 2.75) is 37.3 Å². The molecule has 1 aliphatic heterocycles. The van der Waals surface area contributed by atoms with Crippen LogP contribution in [0, 0.1) is 6.92 Å². The number of carboxylic acid groups (broad SMARTS) is 1. The van der Waals surface area contributed by atoms with E-state index in [1.807, 2.05) is 6.92 Å². The molecule has 6 nitrogen and oxygen atoms in total. The lowest BCUT2D eigenvalue weighted by Gasteiger charge is -2.16. The van der Waals surface area contributed by atoms with E-state index in [1.165, 1.54) is 17.0 Å². The fraction of sp³-hybridized carbons (Fsp3) is 0.462. The molecule has 2 atom stereocenters. The second-order valence-corrected chi connectivity index (χ2v) is 6.58. The van der Waals surface area contributed by atoms with Crippen LogP contribution in [0.2, 0.25) is 0 Å². The highest BCUT2D eigenvalue weighted by atomic mass is 32.2. The topological polar surface area (TPSA) is 83.9 Å². The van der Waals surface area contributed by atoms with E-state index in [-0.39, 0.29) is 17.5 Å². The van der Waals surface area contributed by atoms with Crippen molar-refractivity contribution in [1.29, 1.82) is 0 Å². The SMILES string of the molecule is Cc1ccc(S(=O)(=O)O[C@@H]2C[C@@H](C)N(C(=O)O)C2)cc1. The second-order valence-electron chi connectivity index (χ2n) is 5.01. The van der Waals surface area contributed by atoms with Gasteiger partial charge in [-0.15, -0.1) is 0 Å². The Hall–Kier alpha value is -1.60. The third-order valence-corrected chi connectivity index (χ3v) is 4.73. The molecule has 0 spiro atoms. The molecule has 20 heavy (non-hydrogen) atoms. The Morgan fingerprint density at radius 1 is 1.35 bits per heavy atom. The summed E-state index contributed by atoms with van der Waals surface area (Å²) in [5.74, 6) is 0. The first kappa shape index (κ1) is 14.8. The molecule has 1 fully saturated rings. The Bertz CT molecular complexity index is 596. The van der Waals surface area contributed by atoms with Crippen molar-refractivity contribution in [2.75, 3.05) is 6.54 Å². The number of benzene rings is 1. The van der Waals surface area contributed by atoms with Crippen LogP contribution < -0.4 is 0 Å². The smallest absolute Gasteiger partial charge is 0.407 e. The Morgan fingerprint density at radius 3 is 2.45 bits per heavy atom. The molecule has 0 saturated carbocycles. The molecule has 1 heterocycles. The van der Waals surface area contributed by atoms with Gasteiger partial charge in [0, 0.05) is 6.04 Å². The molecule has 1 amide bonds. The van der Waals surface area contributed by atoms with Crippen LogP contribution in [0.4, 0.5) is 4.79 Å². The van der Waals surface area contributed by atoms with Gasteiger partial charge in [0.15, 0.2) is 0 Å². The van der Waals surface area contributed by atoms with Crippen LogP contribution in [0.25, 0.3) is 0 Å². The molecular weight excluding hydrogens is 282 g/mol. The van der Waals surface area contributed by atoms with Crippen LogP contribution in [0.1, 0.15) is 18.9 Å². The summed E-state index contributed by atoms with van der Waals surface area (Å²) in [6, 6.07) is 6.11.